The Morgan fingerprint density at radius 3 is 1.98 bits per heavy atom. The number of carbonyl (C=O) groups is 2. The molecule has 8 heteroatoms. The zero-order chi connectivity index (χ0) is 36.4. The van der Waals surface area contributed by atoms with Gasteiger partial charge in [0.15, 0.2) is 5.78 Å². The number of hydrogen-bond acceptors (Lipinski definition) is 5. The van der Waals surface area contributed by atoms with Gasteiger partial charge in [0.1, 0.15) is 0 Å². The van der Waals surface area contributed by atoms with Crippen molar-refractivity contribution in [2.75, 3.05) is 5.32 Å². The number of benzene rings is 4. The summed E-state index contributed by atoms with van der Waals surface area (Å²) >= 11 is 6.16. The second-order valence-electron chi connectivity index (χ2n) is 14.4. The van der Waals surface area contributed by atoms with E-state index in [1.54, 1.807) is 0 Å². The van der Waals surface area contributed by atoms with Gasteiger partial charge in [-0.1, -0.05) is 106 Å². The fourth-order valence-corrected chi connectivity index (χ4v) is 7.23. The maximum atomic E-state index is 14.0. The highest BCUT2D eigenvalue weighted by atomic mass is 35.5. The molecule has 6 nitrogen and oxygen atoms in total. The van der Waals surface area contributed by atoms with Crippen LogP contribution in [0.1, 0.15) is 111 Å². The molecule has 1 N–H and O–H groups in total. The van der Waals surface area contributed by atoms with E-state index >= 15 is 0 Å². The lowest BCUT2D eigenvalue weighted by Crippen LogP contribution is -2.25. The molecule has 1 aliphatic carbocycles. The number of amides is 1. The largest absolute Gasteiger partial charge is 0.425 e. The van der Waals surface area contributed by atoms with Crippen LogP contribution in [0.2, 0.25) is 5.02 Å². The summed E-state index contributed by atoms with van der Waals surface area (Å²) in [5.41, 5.74) is 8.58. The monoisotopic (exact) mass is 713 g/mol. The normalized spacial score (nSPS) is 16.4. The molecule has 0 heterocycles. The third-order valence-corrected chi connectivity index (χ3v) is 10.2. The van der Waals surface area contributed by atoms with Gasteiger partial charge in [-0.25, -0.2) is 0 Å². The van der Waals surface area contributed by atoms with Crippen molar-refractivity contribution in [3.05, 3.63) is 124 Å². The first-order valence-corrected chi connectivity index (χ1v) is 18.8. The highest BCUT2D eigenvalue weighted by Crippen LogP contribution is 2.43. The molecule has 0 spiro atoms. The summed E-state index contributed by atoms with van der Waals surface area (Å²) in [6.45, 7) is 11.2. The number of Topliss-reactive ketones (excluding diaryl/α,β-unsaturated/α-hetero) is 1. The molecule has 264 valence electrons. The van der Waals surface area contributed by atoms with Crippen LogP contribution in [-0.2, 0) is 21.8 Å². The van der Waals surface area contributed by atoms with Crippen molar-refractivity contribution >= 4 is 39.6 Å². The molecule has 5 rings (SSSR count). The van der Waals surface area contributed by atoms with Crippen molar-refractivity contribution < 1.29 is 22.2 Å². The first kappa shape index (κ1) is 38.7. The minimum Gasteiger partial charge on any atom is -0.326 e. The van der Waals surface area contributed by atoms with Crippen LogP contribution < -0.4 is 5.32 Å². The van der Waals surface area contributed by atoms with Gasteiger partial charge in [-0.3, -0.25) is 9.59 Å². The molecular formula is C42H48ClNO5S. The van der Waals surface area contributed by atoms with E-state index in [1.807, 2.05) is 73.7 Å². The number of rotatable bonds is 10. The molecule has 0 aromatic heterocycles. The lowest BCUT2D eigenvalue weighted by molar-refractivity contribution is -0.117. The first-order chi connectivity index (χ1) is 23.7. The van der Waals surface area contributed by atoms with Crippen molar-refractivity contribution in [2.24, 2.45) is 11.3 Å². The number of halogens is 1. The summed E-state index contributed by atoms with van der Waals surface area (Å²) in [6, 6.07) is 30.5. The highest BCUT2D eigenvalue weighted by molar-refractivity contribution is 7.59. The van der Waals surface area contributed by atoms with E-state index in [0.29, 0.717) is 24.2 Å². The molecule has 0 bridgehead atoms. The molecule has 0 saturated heterocycles. The molecule has 1 fully saturated rings. The van der Waals surface area contributed by atoms with Crippen molar-refractivity contribution in [1.82, 2.24) is 0 Å². The maximum Gasteiger partial charge on any atom is 0.425 e. The van der Waals surface area contributed by atoms with Crippen LogP contribution in [0.25, 0.3) is 11.1 Å². The molecular weight excluding hydrogens is 666 g/mol. The zero-order valence-electron chi connectivity index (χ0n) is 29.7. The summed E-state index contributed by atoms with van der Waals surface area (Å²) in [5.74, 6) is 1.11. The lowest BCUT2D eigenvalue weighted by atomic mass is 9.68. The molecule has 50 heavy (non-hydrogen) atoms. The number of carbonyl (C=O) groups excluding carboxylic acids is 2. The average Bonchev–Trinajstić information content (AvgIpc) is 3.07. The van der Waals surface area contributed by atoms with Gasteiger partial charge < -0.3 is 5.32 Å². The summed E-state index contributed by atoms with van der Waals surface area (Å²) in [4.78, 5) is 26.4. The molecule has 1 aliphatic rings. The van der Waals surface area contributed by atoms with Gasteiger partial charge in [0, 0.05) is 22.7 Å². The first-order valence-electron chi connectivity index (χ1n) is 17.4. The van der Waals surface area contributed by atoms with Gasteiger partial charge >= 0.3 is 10.6 Å². The quantitative estimate of drug-likeness (QED) is 0.165. The van der Waals surface area contributed by atoms with Gasteiger partial charge in [-0.05, 0) is 120 Å². The minimum atomic E-state index is -3.11. The highest BCUT2D eigenvalue weighted by Gasteiger charge is 2.30. The second-order valence-corrected chi connectivity index (χ2v) is 15.3. The Hall–Kier alpha value is -4.07. The zero-order valence-corrected chi connectivity index (χ0v) is 31.2. The van der Waals surface area contributed by atoms with Crippen LogP contribution >= 0.6 is 11.6 Å². The SMILES string of the molecule is CCCC(=O)c1ccc(C[C@@H](C(=O)Nc2ccc(-c3ccc(Cl)cc3C)cc2)c2ccc(C3CCC(C(C)(C)C)CC3)cc2)cc1.O=S(=O)=O. The summed E-state index contributed by atoms with van der Waals surface area (Å²) in [6.07, 6.45) is 6.91. The van der Waals surface area contributed by atoms with Crippen LogP contribution in [0.15, 0.2) is 91.0 Å². The number of ketones is 1. The van der Waals surface area contributed by atoms with Crippen molar-refractivity contribution in [2.45, 2.75) is 91.4 Å². The Labute approximate surface area is 303 Å². The molecule has 0 aliphatic heterocycles. The average molecular weight is 714 g/mol. The number of nitrogens with one attached hydrogen (secondary N) is 1. The third-order valence-electron chi connectivity index (χ3n) is 9.92. The fourth-order valence-electron chi connectivity index (χ4n) is 7.00. The summed E-state index contributed by atoms with van der Waals surface area (Å²) in [5, 5.41) is 3.91. The van der Waals surface area contributed by atoms with E-state index in [4.69, 9.17) is 24.2 Å². The molecule has 4 aromatic carbocycles. The number of hydrogen-bond donors (Lipinski definition) is 1. The van der Waals surface area contributed by atoms with Gasteiger partial charge in [0.05, 0.1) is 5.92 Å². The van der Waals surface area contributed by atoms with E-state index in [1.165, 1.54) is 31.2 Å². The van der Waals surface area contributed by atoms with E-state index in [-0.39, 0.29) is 17.6 Å². The standard InChI is InChI=1S/C42H48ClNO2.O3S/c1-6-7-40(45)34-10-8-29(9-11-34)27-39(33-14-12-30(13-15-33)31-16-20-35(21-17-31)42(3,4)5)41(46)44-37-23-18-32(19-24-37)38-25-22-36(43)26-28(38)2;1-4(2)3/h8-15,18-19,22-26,31,35,39H,6-7,16-17,20-21,27H2,1-5H3,(H,44,46);/t31?,35?,39-;/m1./s1. The van der Waals surface area contributed by atoms with Crippen molar-refractivity contribution in [3.8, 4) is 11.1 Å². The van der Waals surface area contributed by atoms with Crippen LogP contribution in [0.4, 0.5) is 5.69 Å². The van der Waals surface area contributed by atoms with Crippen LogP contribution in [0.5, 0.6) is 0 Å². The Morgan fingerprint density at radius 1 is 0.840 bits per heavy atom. The Balaban J connectivity index is 0.00000133. The summed E-state index contributed by atoms with van der Waals surface area (Å²) in [7, 11) is -3.11. The predicted molar refractivity (Wildman–Crippen MR) is 203 cm³/mol. The van der Waals surface area contributed by atoms with Crippen molar-refractivity contribution in [1.29, 1.82) is 0 Å². The second kappa shape index (κ2) is 17.7. The van der Waals surface area contributed by atoms with Gasteiger partial charge in [-0.2, -0.15) is 0 Å². The Kier molecular flexibility index (Phi) is 13.7. The number of aryl methyl sites for hydroxylation is 1. The topological polar surface area (TPSA) is 97.4 Å². The van der Waals surface area contributed by atoms with Crippen LogP contribution in [0.3, 0.4) is 0 Å². The van der Waals surface area contributed by atoms with E-state index in [2.05, 4.69) is 57.3 Å². The molecule has 0 radical (unpaired) electrons. The van der Waals surface area contributed by atoms with Gasteiger partial charge in [0.2, 0.25) is 5.91 Å². The Morgan fingerprint density at radius 2 is 1.44 bits per heavy atom. The van der Waals surface area contributed by atoms with Gasteiger partial charge in [-0.15, -0.1) is 12.6 Å². The molecule has 1 saturated carbocycles. The van der Waals surface area contributed by atoms with E-state index in [9.17, 15) is 9.59 Å². The number of anilines is 1. The molecule has 1 amide bonds. The molecule has 1 atom stereocenters. The van der Waals surface area contributed by atoms with Crippen LogP contribution in [0, 0.1) is 18.3 Å². The third kappa shape index (κ3) is 11.0. The van der Waals surface area contributed by atoms with Crippen molar-refractivity contribution in [3.63, 3.8) is 0 Å². The minimum absolute atomic E-state index is 0.0417. The molecule has 4 aromatic rings. The summed E-state index contributed by atoms with van der Waals surface area (Å²) < 4.78 is 25.3. The van der Waals surface area contributed by atoms with E-state index in [0.717, 1.165) is 56.4 Å². The maximum absolute atomic E-state index is 14.0. The van der Waals surface area contributed by atoms with E-state index < -0.39 is 10.6 Å². The lowest BCUT2D eigenvalue weighted by Gasteiger charge is -2.37. The predicted octanol–water partition coefficient (Wildman–Crippen LogP) is 10.6. The fraction of sp³-hybridized carbons (Fsp3) is 0.381. The smallest absolute Gasteiger partial charge is 0.326 e. The molecule has 0 unspecified atom stereocenters. The van der Waals surface area contributed by atoms with Crippen LogP contribution in [-0.4, -0.2) is 24.3 Å². The van der Waals surface area contributed by atoms with Gasteiger partial charge in [0.25, 0.3) is 0 Å². The Bertz CT molecular complexity index is 1850.